The van der Waals surface area contributed by atoms with Gasteiger partial charge in [-0.15, -0.1) is 0 Å². The molecule has 1 saturated heterocycles. The molecule has 2 unspecified atom stereocenters. The van der Waals surface area contributed by atoms with Crippen LogP contribution in [0.2, 0.25) is 6.04 Å². The lowest BCUT2D eigenvalue weighted by atomic mass is 10.0. The van der Waals surface area contributed by atoms with Crippen molar-refractivity contribution >= 4 is 8.56 Å². The zero-order valence-corrected chi connectivity index (χ0v) is 15.0. The molecular weight excluding hydrogens is 270 g/mol. The molecule has 0 amide bonds. The predicted molar refractivity (Wildman–Crippen MR) is 85.2 cm³/mol. The van der Waals surface area contributed by atoms with Crippen LogP contribution >= 0.6 is 0 Å². The Labute approximate surface area is 125 Å². The first-order valence-electron chi connectivity index (χ1n) is 8.05. The van der Waals surface area contributed by atoms with Crippen LogP contribution < -0.4 is 5.32 Å². The molecule has 20 heavy (non-hydrogen) atoms. The van der Waals surface area contributed by atoms with Gasteiger partial charge in [-0.2, -0.15) is 0 Å². The minimum absolute atomic E-state index is 0.267. The molecule has 0 bridgehead atoms. The van der Waals surface area contributed by atoms with Gasteiger partial charge >= 0.3 is 8.56 Å². The number of rotatable bonds is 9. The average molecular weight is 304 g/mol. The van der Waals surface area contributed by atoms with Gasteiger partial charge in [0.1, 0.15) is 5.22 Å². The van der Waals surface area contributed by atoms with E-state index in [1.165, 1.54) is 25.7 Å². The maximum absolute atomic E-state index is 6.11. The summed E-state index contributed by atoms with van der Waals surface area (Å²) in [7, 11) is 3.09. The van der Waals surface area contributed by atoms with Crippen molar-refractivity contribution in [3.05, 3.63) is 0 Å². The Balaban J connectivity index is 2.99. The fraction of sp³-hybridized carbons (Fsp3) is 1.00. The molecule has 1 aliphatic rings. The van der Waals surface area contributed by atoms with Gasteiger partial charge in [-0.05, 0) is 31.9 Å². The SMILES string of the molecule is CCCCNC(CC)C1(OC)CCCC[Si]1(OC)OC. The molecule has 4 nitrogen and oxygen atoms in total. The first-order chi connectivity index (χ1) is 9.66. The van der Waals surface area contributed by atoms with Crippen molar-refractivity contribution < 1.29 is 13.6 Å². The van der Waals surface area contributed by atoms with Crippen LogP contribution in [-0.2, 0) is 13.6 Å². The highest BCUT2D eigenvalue weighted by molar-refractivity contribution is 6.71. The first-order valence-corrected chi connectivity index (χ1v) is 10.1. The molecule has 2 atom stereocenters. The van der Waals surface area contributed by atoms with Gasteiger partial charge in [0.25, 0.3) is 0 Å². The Morgan fingerprint density at radius 3 is 2.35 bits per heavy atom. The van der Waals surface area contributed by atoms with Crippen molar-refractivity contribution in [2.45, 2.75) is 69.7 Å². The van der Waals surface area contributed by atoms with Crippen LogP contribution in [0.3, 0.4) is 0 Å². The molecule has 1 rings (SSSR count). The van der Waals surface area contributed by atoms with Gasteiger partial charge < -0.3 is 18.9 Å². The lowest BCUT2D eigenvalue weighted by Crippen LogP contribution is -2.72. The molecule has 0 aromatic rings. The van der Waals surface area contributed by atoms with Crippen LogP contribution in [0.25, 0.3) is 0 Å². The fourth-order valence-electron chi connectivity index (χ4n) is 3.71. The predicted octanol–water partition coefficient (Wildman–Crippen LogP) is 3.00. The molecule has 0 aromatic heterocycles. The third-order valence-corrected chi connectivity index (χ3v) is 9.29. The van der Waals surface area contributed by atoms with E-state index < -0.39 is 8.56 Å². The van der Waals surface area contributed by atoms with E-state index in [4.69, 9.17) is 13.6 Å². The maximum Gasteiger partial charge on any atom is 0.372 e. The minimum atomic E-state index is -2.34. The molecule has 1 N–H and O–H groups in total. The maximum atomic E-state index is 6.11. The standard InChI is InChI=1S/C15H33NO3Si/c1-6-8-12-16-14(7-2)15(17-3)11-9-10-13-20(15,18-4)19-5/h14,16H,6-13H2,1-5H3. The number of hydrogen-bond donors (Lipinski definition) is 1. The average Bonchev–Trinajstić information content (AvgIpc) is 2.51. The van der Waals surface area contributed by atoms with Crippen molar-refractivity contribution in [3.8, 4) is 0 Å². The molecule has 120 valence electrons. The molecule has 5 heteroatoms. The van der Waals surface area contributed by atoms with Crippen molar-refractivity contribution in [2.75, 3.05) is 27.9 Å². The van der Waals surface area contributed by atoms with Crippen molar-refractivity contribution in [3.63, 3.8) is 0 Å². The molecule has 0 radical (unpaired) electrons. The molecular formula is C15H33NO3Si. The van der Waals surface area contributed by atoms with Crippen molar-refractivity contribution in [1.82, 2.24) is 5.32 Å². The summed E-state index contributed by atoms with van der Waals surface area (Å²) in [5, 5.41) is 3.44. The third kappa shape index (κ3) is 3.27. The summed E-state index contributed by atoms with van der Waals surface area (Å²) in [6, 6.07) is 1.34. The molecule has 0 aromatic carbocycles. The van der Waals surface area contributed by atoms with Gasteiger partial charge in [0.2, 0.25) is 0 Å². The van der Waals surface area contributed by atoms with E-state index in [1.54, 1.807) is 14.2 Å². The zero-order chi connectivity index (χ0) is 15.1. The van der Waals surface area contributed by atoms with E-state index in [2.05, 4.69) is 19.2 Å². The minimum Gasteiger partial charge on any atom is -0.396 e. The smallest absolute Gasteiger partial charge is 0.372 e. The molecule has 0 saturated carbocycles. The Hall–Kier alpha value is 0.0569. The van der Waals surface area contributed by atoms with Gasteiger partial charge in [-0.25, -0.2) is 0 Å². The van der Waals surface area contributed by atoms with Crippen molar-refractivity contribution in [2.24, 2.45) is 0 Å². The summed E-state index contributed by atoms with van der Waals surface area (Å²) in [6.07, 6.45) is 6.87. The molecule has 0 aliphatic carbocycles. The van der Waals surface area contributed by atoms with E-state index in [0.29, 0.717) is 6.04 Å². The monoisotopic (exact) mass is 303 g/mol. The van der Waals surface area contributed by atoms with Crippen LogP contribution in [0, 0.1) is 0 Å². The first kappa shape index (κ1) is 18.1. The summed E-state index contributed by atoms with van der Waals surface area (Å²) in [5.41, 5.74) is 0. The second kappa shape index (κ2) is 8.49. The number of ether oxygens (including phenoxy) is 1. The van der Waals surface area contributed by atoms with E-state index in [9.17, 15) is 0 Å². The third-order valence-electron chi connectivity index (χ3n) is 4.86. The Morgan fingerprint density at radius 1 is 1.15 bits per heavy atom. The number of unbranched alkanes of at least 4 members (excludes halogenated alkanes) is 1. The summed E-state index contributed by atoms with van der Waals surface area (Å²) in [4.78, 5) is 0. The van der Waals surface area contributed by atoms with Crippen molar-refractivity contribution in [1.29, 1.82) is 0 Å². The second-order valence-electron chi connectivity index (χ2n) is 5.73. The highest BCUT2D eigenvalue weighted by Gasteiger charge is 2.62. The van der Waals surface area contributed by atoms with Crippen LogP contribution in [0.5, 0.6) is 0 Å². The van der Waals surface area contributed by atoms with Crippen LogP contribution in [0.4, 0.5) is 0 Å². The van der Waals surface area contributed by atoms with E-state index in [0.717, 1.165) is 25.4 Å². The zero-order valence-electron chi connectivity index (χ0n) is 14.0. The summed E-state index contributed by atoms with van der Waals surface area (Å²) < 4.78 is 18.1. The van der Waals surface area contributed by atoms with Gasteiger partial charge in [0, 0.05) is 27.4 Å². The highest BCUT2D eigenvalue weighted by Crippen LogP contribution is 2.42. The normalized spacial score (nSPS) is 27.4. The van der Waals surface area contributed by atoms with Gasteiger partial charge in [-0.1, -0.05) is 33.1 Å². The summed E-state index contributed by atoms with van der Waals surface area (Å²) in [5.74, 6) is 0. The molecule has 1 heterocycles. The number of nitrogens with one attached hydrogen (secondary N) is 1. The molecule has 1 fully saturated rings. The van der Waals surface area contributed by atoms with E-state index >= 15 is 0 Å². The lowest BCUT2D eigenvalue weighted by molar-refractivity contribution is -0.0356. The van der Waals surface area contributed by atoms with E-state index in [-0.39, 0.29) is 5.22 Å². The second-order valence-corrected chi connectivity index (χ2v) is 9.40. The highest BCUT2D eigenvalue weighted by atomic mass is 28.4. The van der Waals surface area contributed by atoms with Crippen LogP contribution in [0.1, 0.15) is 52.4 Å². The number of hydrogen-bond acceptors (Lipinski definition) is 4. The Bertz CT molecular complexity index is 274. The van der Waals surface area contributed by atoms with Gasteiger partial charge in [-0.3, -0.25) is 0 Å². The Morgan fingerprint density at radius 2 is 1.85 bits per heavy atom. The van der Waals surface area contributed by atoms with Gasteiger partial charge in [0.05, 0.1) is 0 Å². The topological polar surface area (TPSA) is 39.7 Å². The quantitative estimate of drug-likeness (QED) is 0.525. The fourth-order valence-corrected chi connectivity index (χ4v) is 7.82. The molecule has 1 aliphatic heterocycles. The van der Waals surface area contributed by atoms with Crippen LogP contribution in [-0.4, -0.2) is 47.7 Å². The molecule has 0 spiro atoms. The largest absolute Gasteiger partial charge is 0.396 e. The summed E-state index contributed by atoms with van der Waals surface area (Å²) in [6.45, 7) is 5.49. The van der Waals surface area contributed by atoms with Crippen LogP contribution in [0.15, 0.2) is 0 Å². The lowest BCUT2D eigenvalue weighted by Gasteiger charge is -2.51. The van der Waals surface area contributed by atoms with Gasteiger partial charge in [0.15, 0.2) is 0 Å². The van der Waals surface area contributed by atoms with E-state index in [1.807, 2.05) is 7.11 Å². The summed E-state index contributed by atoms with van der Waals surface area (Å²) >= 11 is 0. The Kier molecular flexibility index (Phi) is 7.68. The number of methoxy groups -OCH3 is 1.